The summed E-state index contributed by atoms with van der Waals surface area (Å²) < 4.78 is 0.874. The number of aromatic carboxylic acids is 1. The molecule has 0 fully saturated rings. The van der Waals surface area contributed by atoms with Gasteiger partial charge >= 0.3 is 5.97 Å². The minimum atomic E-state index is -0.977. The highest BCUT2D eigenvalue weighted by molar-refractivity contribution is 9.10. The Labute approximate surface area is 109 Å². The van der Waals surface area contributed by atoms with Crippen LogP contribution in [-0.2, 0) is 0 Å². The van der Waals surface area contributed by atoms with Crippen molar-refractivity contribution in [3.8, 4) is 10.6 Å². The minimum absolute atomic E-state index is 0.200. The van der Waals surface area contributed by atoms with Gasteiger partial charge in [-0.1, -0.05) is 27.5 Å². The summed E-state index contributed by atoms with van der Waals surface area (Å²) in [4.78, 5) is 15.0. The zero-order valence-corrected chi connectivity index (χ0v) is 10.9. The van der Waals surface area contributed by atoms with Crippen LogP contribution in [0, 0.1) is 0 Å². The van der Waals surface area contributed by atoms with Crippen LogP contribution in [0.1, 0.15) is 9.67 Å². The van der Waals surface area contributed by atoms with Crippen molar-refractivity contribution in [1.29, 1.82) is 0 Å². The SMILES string of the molecule is O=C(O)c1cnc(-c2cc(Br)ccc2Cl)s1. The number of nitrogens with zero attached hydrogens (tertiary/aromatic N) is 1. The Balaban J connectivity index is 2.50. The van der Waals surface area contributed by atoms with Crippen molar-refractivity contribution in [2.75, 3.05) is 0 Å². The lowest BCUT2D eigenvalue weighted by atomic mass is 10.2. The van der Waals surface area contributed by atoms with Crippen molar-refractivity contribution in [2.24, 2.45) is 0 Å². The summed E-state index contributed by atoms with van der Waals surface area (Å²) in [6.07, 6.45) is 1.33. The van der Waals surface area contributed by atoms with E-state index in [1.165, 1.54) is 6.20 Å². The van der Waals surface area contributed by atoms with Gasteiger partial charge < -0.3 is 5.11 Å². The molecule has 2 rings (SSSR count). The van der Waals surface area contributed by atoms with E-state index < -0.39 is 5.97 Å². The molecule has 0 saturated carbocycles. The van der Waals surface area contributed by atoms with E-state index in [-0.39, 0.29) is 4.88 Å². The summed E-state index contributed by atoms with van der Waals surface area (Å²) in [6.45, 7) is 0. The first-order valence-corrected chi connectivity index (χ1v) is 6.21. The number of thiazole rings is 1. The first-order valence-electron chi connectivity index (χ1n) is 4.22. The number of aromatic nitrogens is 1. The van der Waals surface area contributed by atoms with E-state index in [2.05, 4.69) is 20.9 Å². The molecule has 3 nitrogen and oxygen atoms in total. The topological polar surface area (TPSA) is 50.2 Å². The summed E-state index contributed by atoms with van der Waals surface area (Å²) in [6, 6.07) is 5.37. The van der Waals surface area contributed by atoms with Crippen LogP contribution in [-0.4, -0.2) is 16.1 Å². The molecule has 0 atom stereocenters. The predicted octanol–water partition coefficient (Wildman–Crippen LogP) is 3.92. The third-order valence-electron chi connectivity index (χ3n) is 1.88. The highest BCUT2D eigenvalue weighted by atomic mass is 79.9. The number of carboxylic acid groups (broad SMARTS) is 1. The van der Waals surface area contributed by atoms with E-state index in [1.807, 2.05) is 12.1 Å². The van der Waals surface area contributed by atoms with Gasteiger partial charge in [-0.25, -0.2) is 9.78 Å². The second-order valence-corrected chi connectivity index (χ2v) is 5.31. The molecule has 0 bridgehead atoms. The fraction of sp³-hybridized carbons (Fsp3) is 0. The Morgan fingerprint density at radius 1 is 1.50 bits per heavy atom. The van der Waals surface area contributed by atoms with Gasteiger partial charge in [0.25, 0.3) is 0 Å². The quantitative estimate of drug-likeness (QED) is 0.913. The molecule has 82 valence electrons. The monoisotopic (exact) mass is 317 g/mol. The van der Waals surface area contributed by atoms with Crippen molar-refractivity contribution in [3.63, 3.8) is 0 Å². The Bertz CT molecular complexity index is 556. The van der Waals surface area contributed by atoms with Crippen molar-refractivity contribution in [1.82, 2.24) is 4.98 Å². The second kappa shape index (κ2) is 4.53. The summed E-state index contributed by atoms with van der Waals surface area (Å²) in [5.41, 5.74) is 0.730. The number of halogens is 2. The summed E-state index contributed by atoms with van der Waals surface area (Å²) in [5, 5.41) is 9.95. The summed E-state index contributed by atoms with van der Waals surface area (Å²) in [5.74, 6) is -0.977. The number of hydrogen-bond acceptors (Lipinski definition) is 3. The van der Waals surface area contributed by atoms with Crippen LogP contribution >= 0.6 is 38.9 Å². The lowest BCUT2D eigenvalue weighted by Gasteiger charge is -2.00. The van der Waals surface area contributed by atoms with Gasteiger partial charge in [0.05, 0.1) is 11.2 Å². The van der Waals surface area contributed by atoms with Crippen molar-refractivity contribution >= 4 is 44.8 Å². The van der Waals surface area contributed by atoms with Gasteiger partial charge in [-0.2, -0.15) is 0 Å². The first-order chi connectivity index (χ1) is 7.58. The highest BCUT2D eigenvalue weighted by Crippen LogP contribution is 2.33. The van der Waals surface area contributed by atoms with Gasteiger partial charge in [-0.3, -0.25) is 0 Å². The predicted molar refractivity (Wildman–Crippen MR) is 67.2 cm³/mol. The zero-order valence-electron chi connectivity index (χ0n) is 7.78. The molecule has 16 heavy (non-hydrogen) atoms. The average Bonchev–Trinajstić information content (AvgIpc) is 2.70. The molecule has 0 radical (unpaired) electrons. The maximum Gasteiger partial charge on any atom is 0.347 e. The highest BCUT2D eigenvalue weighted by Gasteiger charge is 2.12. The number of carbonyl (C=O) groups is 1. The molecule has 0 amide bonds. The van der Waals surface area contributed by atoms with E-state index in [1.54, 1.807) is 6.07 Å². The molecule has 0 saturated heterocycles. The largest absolute Gasteiger partial charge is 0.477 e. The van der Waals surface area contributed by atoms with E-state index in [4.69, 9.17) is 16.7 Å². The van der Waals surface area contributed by atoms with Crippen LogP contribution in [0.3, 0.4) is 0 Å². The van der Waals surface area contributed by atoms with Crippen molar-refractivity contribution in [2.45, 2.75) is 0 Å². The van der Waals surface area contributed by atoms with E-state index in [0.29, 0.717) is 10.0 Å². The molecule has 6 heteroatoms. The fourth-order valence-corrected chi connectivity index (χ4v) is 2.57. The third-order valence-corrected chi connectivity index (χ3v) is 3.72. The molecule has 0 spiro atoms. The number of carboxylic acids is 1. The van der Waals surface area contributed by atoms with Crippen molar-refractivity contribution in [3.05, 3.63) is 38.8 Å². The Morgan fingerprint density at radius 3 is 2.88 bits per heavy atom. The summed E-state index contributed by atoms with van der Waals surface area (Å²) in [7, 11) is 0. The number of benzene rings is 1. The number of hydrogen-bond donors (Lipinski definition) is 1. The average molecular weight is 319 g/mol. The van der Waals surface area contributed by atoms with E-state index >= 15 is 0 Å². The maximum absolute atomic E-state index is 10.7. The maximum atomic E-state index is 10.7. The first kappa shape index (κ1) is 11.6. The van der Waals surface area contributed by atoms with Crippen LogP contribution in [0.2, 0.25) is 5.02 Å². The van der Waals surface area contributed by atoms with Gasteiger partial charge in [0.1, 0.15) is 9.88 Å². The Kier molecular flexibility index (Phi) is 3.28. The smallest absolute Gasteiger partial charge is 0.347 e. The molecule has 0 aliphatic heterocycles. The molecule has 0 aliphatic rings. The Hall–Kier alpha value is -0.910. The molecule has 0 aliphatic carbocycles. The normalized spacial score (nSPS) is 10.4. The molecule has 1 N–H and O–H groups in total. The van der Waals surface area contributed by atoms with Gasteiger partial charge in [0, 0.05) is 10.0 Å². The minimum Gasteiger partial charge on any atom is -0.477 e. The van der Waals surface area contributed by atoms with E-state index in [9.17, 15) is 4.79 Å². The third kappa shape index (κ3) is 2.26. The standard InChI is InChI=1S/C10H5BrClNO2S/c11-5-1-2-7(12)6(3-5)9-13-4-8(16-9)10(14)15/h1-4H,(H,14,15). The zero-order chi connectivity index (χ0) is 11.7. The van der Waals surface area contributed by atoms with Crippen LogP contribution in [0.15, 0.2) is 28.9 Å². The molecule has 1 heterocycles. The second-order valence-electron chi connectivity index (χ2n) is 2.96. The van der Waals surface area contributed by atoms with E-state index in [0.717, 1.165) is 21.4 Å². The van der Waals surface area contributed by atoms with Crippen LogP contribution in [0.25, 0.3) is 10.6 Å². The lowest BCUT2D eigenvalue weighted by Crippen LogP contribution is -1.89. The van der Waals surface area contributed by atoms with Crippen molar-refractivity contribution < 1.29 is 9.90 Å². The lowest BCUT2D eigenvalue weighted by molar-refractivity contribution is 0.0702. The van der Waals surface area contributed by atoms with Crippen LogP contribution in [0.4, 0.5) is 0 Å². The Morgan fingerprint density at radius 2 is 2.25 bits per heavy atom. The molecule has 2 aromatic rings. The van der Waals surface area contributed by atoms with Gasteiger partial charge in [0.2, 0.25) is 0 Å². The molecular weight excluding hydrogens is 314 g/mol. The van der Waals surface area contributed by atoms with Crippen LogP contribution < -0.4 is 0 Å². The molecular formula is C10H5BrClNO2S. The van der Waals surface area contributed by atoms with Gasteiger partial charge in [-0.05, 0) is 18.2 Å². The van der Waals surface area contributed by atoms with Crippen LogP contribution in [0.5, 0.6) is 0 Å². The molecule has 0 unspecified atom stereocenters. The van der Waals surface area contributed by atoms with Gasteiger partial charge in [0.15, 0.2) is 0 Å². The summed E-state index contributed by atoms with van der Waals surface area (Å²) >= 11 is 10.5. The fourth-order valence-electron chi connectivity index (χ4n) is 1.16. The number of rotatable bonds is 2. The molecule has 1 aromatic heterocycles. The van der Waals surface area contributed by atoms with Gasteiger partial charge in [-0.15, -0.1) is 11.3 Å². The molecule has 1 aromatic carbocycles.